The maximum absolute atomic E-state index is 7.02. The minimum absolute atomic E-state index is 0.162. The highest BCUT2D eigenvalue weighted by molar-refractivity contribution is 5.15. The number of fused-ring (bicyclic) bond motifs is 5. The van der Waals surface area contributed by atoms with Crippen LogP contribution < -0.4 is 17.2 Å². The summed E-state index contributed by atoms with van der Waals surface area (Å²) in [6, 6.07) is 0. The van der Waals surface area contributed by atoms with E-state index in [1.165, 1.54) is 77.0 Å². The summed E-state index contributed by atoms with van der Waals surface area (Å²) in [4.78, 5) is 0. The van der Waals surface area contributed by atoms with E-state index in [2.05, 4.69) is 27.7 Å². The fraction of sp³-hybridized carbons (Fsp3) is 1.00. The van der Waals surface area contributed by atoms with Gasteiger partial charge >= 0.3 is 0 Å². The van der Waals surface area contributed by atoms with Crippen LogP contribution in [-0.4, -0.2) is 71.0 Å². The average molecular weight is 678 g/mol. The molecule has 2 unspecified atom stereocenters. The lowest BCUT2D eigenvalue weighted by atomic mass is 9.43. The molecule has 0 aromatic heterocycles. The van der Waals surface area contributed by atoms with Gasteiger partial charge in [-0.15, -0.1) is 0 Å². The molecule has 0 aromatic rings. The molecule has 0 aromatic carbocycles. The van der Waals surface area contributed by atoms with Crippen molar-refractivity contribution in [2.24, 2.45) is 63.5 Å². The van der Waals surface area contributed by atoms with E-state index in [0.29, 0.717) is 72.8 Å². The predicted molar refractivity (Wildman–Crippen MR) is 199 cm³/mol. The number of ether oxygens (including phenoxy) is 4. The van der Waals surface area contributed by atoms with Crippen molar-refractivity contribution in [2.45, 2.75) is 162 Å². The van der Waals surface area contributed by atoms with Gasteiger partial charge < -0.3 is 36.1 Å². The highest BCUT2D eigenvalue weighted by Crippen LogP contribution is 2.69. The van der Waals surface area contributed by atoms with Gasteiger partial charge in [0.2, 0.25) is 0 Å². The third-order valence-electron chi connectivity index (χ3n) is 14.1. The normalized spacial score (nSPS) is 36.8. The molecule has 0 heterocycles. The maximum Gasteiger partial charge on any atom is 0.0637 e. The molecule has 0 spiro atoms. The topological polar surface area (TPSA) is 115 Å². The molecule has 48 heavy (non-hydrogen) atoms. The van der Waals surface area contributed by atoms with Crippen molar-refractivity contribution in [1.29, 1.82) is 0 Å². The molecular formula is C41H79N3O4. The van der Waals surface area contributed by atoms with Crippen molar-refractivity contribution in [2.75, 3.05) is 52.7 Å². The van der Waals surface area contributed by atoms with Crippen LogP contribution in [-0.2, 0) is 18.9 Å². The number of hydrogen-bond donors (Lipinski definition) is 3. The molecule has 4 fully saturated rings. The Kier molecular flexibility index (Phi) is 17.4. The molecule has 0 amide bonds. The largest absolute Gasteiger partial charge is 0.381 e. The quantitative estimate of drug-likeness (QED) is 0.0891. The zero-order valence-electron chi connectivity index (χ0n) is 31.9. The van der Waals surface area contributed by atoms with Crippen LogP contribution in [0.25, 0.3) is 0 Å². The van der Waals surface area contributed by atoms with Crippen LogP contribution in [0, 0.1) is 46.3 Å². The van der Waals surface area contributed by atoms with E-state index in [4.69, 9.17) is 36.1 Å². The highest BCUT2D eigenvalue weighted by Gasteiger charge is 2.66. The summed E-state index contributed by atoms with van der Waals surface area (Å²) in [7, 11) is 0. The summed E-state index contributed by atoms with van der Waals surface area (Å²) in [5, 5.41) is 0. The summed E-state index contributed by atoms with van der Waals surface area (Å²) in [6.07, 6.45) is 22.6. The summed E-state index contributed by atoms with van der Waals surface area (Å²) in [6.45, 7) is 16.4. The van der Waals surface area contributed by atoms with Crippen LogP contribution in [0.5, 0.6) is 0 Å². The molecule has 4 saturated carbocycles. The van der Waals surface area contributed by atoms with Gasteiger partial charge in [0, 0.05) is 38.4 Å². The summed E-state index contributed by atoms with van der Waals surface area (Å²) < 4.78 is 26.5. The van der Waals surface area contributed by atoms with Gasteiger partial charge in [0.15, 0.2) is 0 Å². The molecule has 0 radical (unpaired) electrons. The third kappa shape index (κ3) is 9.98. The van der Waals surface area contributed by atoms with Gasteiger partial charge in [0.25, 0.3) is 0 Å². The molecular weight excluding hydrogens is 598 g/mol. The van der Waals surface area contributed by atoms with Gasteiger partial charge in [-0.05, 0) is 144 Å². The molecule has 7 nitrogen and oxygen atoms in total. The molecule has 0 aliphatic heterocycles. The number of rotatable bonds is 24. The SMILES string of the molecule is CCCCCCCCOCCC[C@@H](C)[C@H]1CC[C@H]2C3[C@H](OCCCN)CC4C[C@H](OCCCN)CC[C@]4(C)[C@H]3C[C@H](OCCCN)[C@]12C. The van der Waals surface area contributed by atoms with Crippen molar-refractivity contribution in [3.8, 4) is 0 Å². The Hall–Kier alpha value is -0.280. The van der Waals surface area contributed by atoms with Gasteiger partial charge in [0.1, 0.15) is 0 Å². The Balaban J connectivity index is 1.46. The Labute approximate surface area is 296 Å². The fourth-order valence-electron chi connectivity index (χ4n) is 11.4. The number of hydrogen-bond acceptors (Lipinski definition) is 7. The van der Waals surface area contributed by atoms with Crippen LogP contribution >= 0.6 is 0 Å². The average Bonchev–Trinajstić information content (AvgIpc) is 3.44. The third-order valence-corrected chi connectivity index (χ3v) is 14.1. The van der Waals surface area contributed by atoms with Crippen LogP contribution in [0.4, 0.5) is 0 Å². The van der Waals surface area contributed by atoms with Gasteiger partial charge in [-0.25, -0.2) is 0 Å². The first-order valence-corrected chi connectivity index (χ1v) is 20.9. The van der Waals surface area contributed by atoms with E-state index >= 15 is 0 Å². The van der Waals surface area contributed by atoms with E-state index < -0.39 is 0 Å². The Morgan fingerprint density at radius 1 is 0.667 bits per heavy atom. The van der Waals surface area contributed by atoms with Crippen molar-refractivity contribution in [3.63, 3.8) is 0 Å². The predicted octanol–water partition coefficient (Wildman–Crippen LogP) is 7.86. The van der Waals surface area contributed by atoms with E-state index in [-0.39, 0.29) is 11.5 Å². The lowest BCUT2D eigenvalue weighted by molar-refractivity contribution is -0.227. The lowest BCUT2D eigenvalue weighted by Gasteiger charge is -2.65. The van der Waals surface area contributed by atoms with Crippen molar-refractivity contribution >= 4 is 0 Å². The van der Waals surface area contributed by atoms with Crippen molar-refractivity contribution in [3.05, 3.63) is 0 Å². The smallest absolute Gasteiger partial charge is 0.0637 e. The molecule has 4 aliphatic carbocycles. The van der Waals surface area contributed by atoms with Crippen molar-refractivity contribution in [1.82, 2.24) is 0 Å². The second-order valence-electron chi connectivity index (χ2n) is 17.0. The first-order chi connectivity index (χ1) is 23.3. The standard InChI is InChI=1S/C41H79N3O4/c1-5-6-7-8-9-10-23-45-24-11-15-31(2)34-16-17-35-39-36(30-38(41(34,35)4)48-27-14-22-44)40(3)19-18-33(46-25-12-20-42)28-32(40)29-37(39)47-26-13-21-43/h31-39H,5-30,42-44H2,1-4H3/t31-,32?,33-,34-,35+,36+,37-,38+,39?,40+,41-/m1/s1. The molecule has 4 rings (SSSR count). The second-order valence-corrected chi connectivity index (χ2v) is 17.0. The Bertz CT molecular complexity index is 879. The van der Waals surface area contributed by atoms with Gasteiger partial charge in [0.05, 0.1) is 18.3 Å². The maximum atomic E-state index is 7.02. The number of unbranched alkanes of at least 4 members (excludes halogenated alkanes) is 5. The van der Waals surface area contributed by atoms with E-state index in [0.717, 1.165) is 71.6 Å². The van der Waals surface area contributed by atoms with Crippen molar-refractivity contribution < 1.29 is 18.9 Å². The van der Waals surface area contributed by atoms with Crippen LogP contribution in [0.3, 0.4) is 0 Å². The van der Waals surface area contributed by atoms with Crippen LogP contribution in [0.1, 0.15) is 143 Å². The second kappa shape index (κ2) is 20.7. The van der Waals surface area contributed by atoms with E-state index in [1.54, 1.807) is 0 Å². The van der Waals surface area contributed by atoms with Gasteiger partial charge in [-0.3, -0.25) is 0 Å². The summed E-state index contributed by atoms with van der Waals surface area (Å²) >= 11 is 0. The minimum atomic E-state index is 0.162. The molecule has 6 N–H and O–H groups in total. The Morgan fingerprint density at radius 3 is 2.06 bits per heavy atom. The van der Waals surface area contributed by atoms with E-state index in [1.807, 2.05) is 0 Å². The monoisotopic (exact) mass is 678 g/mol. The Morgan fingerprint density at radius 2 is 1.33 bits per heavy atom. The first-order valence-electron chi connectivity index (χ1n) is 20.9. The van der Waals surface area contributed by atoms with Crippen LogP contribution in [0.15, 0.2) is 0 Å². The summed E-state index contributed by atoms with van der Waals surface area (Å²) in [5.74, 6) is 3.81. The van der Waals surface area contributed by atoms with Crippen LogP contribution in [0.2, 0.25) is 0 Å². The minimum Gasteiger partial charge on any atom is -0.381 e. The van der Waals surface area contributed by atoms with Gasteiger partial charge in [-0.1, -0.05) is 59.8 Å². The molecule has 0 saturated heterocycles. The fourth-order valence-corrected chi connectivity index (χ4v) is 11.4. The van der Waals surface area contributed by atoms with Gasteiger partial charge in [-0.2, -0.15) is 0 Å². The molecule has 11 atom stereocenters. The molecule has 282 valence electrons. The molecule has 4 aliphatic rings. The highest BCUT2D eigenvalue weighted by atomic mass is 16.5. The molecule has 7 heteroatoms. The van der Waals surface area contributed by atoms with E-state index in [9.17, 15) is 0 Å². The first kappa shape index (κ1) is 40.5. The number of nitrogens with two attached hydrogens (primary N) is 3. The lowest BCUT2D eigenvalue weighted by Crippen LogP contribution is -2.63. The molecule has 0 bridgehead atoms. The summed E-state index contributed by atoms with van der Waals surface area (Å²) in [5.41, 5.74) is 18.2. The zero-order chi connectivity index (χ0) is 34.4. The zero-order valence-corrected chi connectivity index (χ0v) is 31.9.